The lowest BCUT2D eigenvalue weighted by Crippen LogP contribution is -2.67. The van der Waals surface area contributed by atoms with Crippen LogP contribution in [0.3, 0.4) is 0 Å². The Morgan fingerprint density at radius 3 is 2.72 bits per heavy atom. The molecule has 0 spiro atoms. The summed E-state index contributed by atoms with van der Waals surface area (Å²) >= 11 is 0. The minimum atomic E-state index is -0.703. The van der Waals surface area contributed by atoms with Gasteiger partial charge in [0.05, 0.1) is 18.7 Å². The fourth-order valence-electron chi connectivity index (χ4n) is 2.26. The van der Waals surface area contributed by atoms with Gasteiger partial charge in [-0.05, 0) is 33.2 Å². The molecule has 6 heteroatoms. The standard InChI is InChI=1S/C12H23N3O3/c1-12(2)11(17)14-10(16)7-15(12)9(8-18-3)5-4-6-13/h9H,4-8,13H2,1-3H3,(H,14,16,17). The van der Waals surface area contributed by atoms with Crippen LogP contribution in [0.25, 0.3) is 0 Å². The van der Waals surface area contributed by atoms with Gasteiger partial charge in [-0.3, -0.25) is 19.8 Å². The molecule has 1 atom stereocenters. The number of ether oxygens (including phenoxy) is 1. The predicted octanol–water partition coefficient (Wildman–Crippen LogP) is -0.523. The summed E-state index contributed by atoms with van der Waals surface area (Å²) in [5.74, 6) is -0.513. The van der Waals surface area contributed by atoms with Crippen molar-refractivity contribution in [3.05, 3.63) is 0 Å². The first kappa shape index (κ1) is 15.1. The highest BCUT2D eigenvalue weighted by molar-refractivity contribution is 6.02. The minimum Gasteiger partial charge on any atom is -0.383 e. The largest absolute Gasteiger partial charge is 0.383 e. The van der Waals surface area contributed by atoms with Crippen LogP contribution < -0.4 is 11.1 Å². The number of rotatable bonds is 6. The van der Waals surface area contributed by atoms with Gasteiger partial charge >= 0.3 is 0 Å². The summed E-state index contributed by atoms with van der Waals surface area (Å²) in [6, 6.07) is 0.0311. The van der Waals surface area contributed by atoms with E-state index < -0.39 is 5.54 Å². The van der Waals surface area contributed by atoms with Gasteiger partial charge in [0, 0.05) is 13.2 Å². The van der Waals surface area contributed by atoms with Crippen LogP contribution in [0.2, 0.25) is 0 Å². The molecule has 0 radical (unpaired) electrons. The normalized spacial score (nSPS) is 21.8. The number of amides is 2. The third-order valence-corrected chi connectivity index (χ3v) is 3.38. The zero-order valence-corrected chi connectivity index (χ0v) is 11.4. The second-order valence-electron chi connectivity index (χ2n) is 5.10. The predicted molar refractivity (Wildman–Crippen MR) is 67.9 cm³/mol. The van der Waals surface area contributed by atoms with Crippen molar-refractivity contribution >= 4 is 11.8 Å². The number of hydrogen-bond donors (Lipinski definition) is 2. The lowest BCUT2D eigenvalue weighted by molar-refractivity contribution is -0.148. The van der Waals surface area contributed by atoms with Crippen LogP contribution in [0, 0.1) is 0 Å². The van der Waals surface area contributed by atoms with Crippen molar-refractivity contribution < 1.29 is 14.3 Å². The molecule has 0 bridgehead atoms. The molecule has 0 aromatic heterocycles. The van der Waals surface area contributed by atoms with Crippen LogP contribution >= 0.6 is 0 Å². The van der Waals surface area contributed by atoms with Crippen LogP contribution in [0.15, 0.2) is 0 Å². The molecular formula is C12H23N3O3. The molecule has 1 saturated heterocycles. The molecule has 104 valence electrons. The SMILES string of the molecule is COCC(CCCN)N1CC(=O)NC(=O)C1(C)C. The van der Waals surface area contributed by atoms with Crippen LogP contribution in [0.5, 0.6) is 0 Å². The maximum atomic E-state index is 11.9. The summed E-state index contributed by atoms with van der Waals surface area (Å²) in [5.41, 5.74) is 4.82. The van der Waals surface area contributed by atoms with Gasteiger partial charge in [0.15, 0.2) is 0 Å². The highest BCUT2D eigenvalue weighted by Gasteiger charge is 2.43. The van der Waals surface area contributed by atoms with Crippen LogP contribution in [-0.2, 0) is 14.3 Å². The van der Waals surface area contributed by atoms with Crippen LogP contribution in [0.1, 0.15) is 26.7 Å². The molecule has 1 fully saturated rings. The number of nitrogens with zero attached hydrogens (tertiary/aromatic N) is 1. The van der Waals surface area contributed by atoms with Gasteiger partial charge in [-0.15, -0.1) is 0 Å². The Morgan fingerprint density at radius 1 is 1.50 bits per heavy atom. The van der Waals surface area contributed by atoms with E-state index in [0.29, 0.717) is 13.2 Å². The van der Waals surface area contributed by atoms with Crippen LogP contribution in [0.4, 0.5) is 0 Å². The van der Waals surface area contributed by atoms with Gasteiger partial charge in [-0.2, -0.15) is 0 Å². The molecule has 6 nitrogen and oxygen atoms in total. The van der Waals surface area contributed by atoms with E-state index in [0.717, 1.165) is 12.8 Å². The Kier molecular flexibility index (Phi) is 5.25. The maximum Gasteiger partial charge on any atom is 0.246 e. The van der Waals surface area contributed by atoms with Crippen molar-refractivity contribution in [1.29, 1.82) is 0 Å². The fourth-order valence-corrected chi connectivity index (χ4v) is 2.26. The highest BCUT2D eigenvalue weighted by atomic mass is 16.5. The summed E-state index contributed by atoms with van der Waals surface area (Å²) in [4.78, 5) is 25.3. The zero-order chi connectivity index (χ0) is 13.8. The Labute approximate surface area is 108 Å². The van der Waals surface area contributed by atoms with E-state index in [1.54, 1.807) is 7.11 Å². The van der Waals surface area contributed by atoms with Crippen molar-refractivity contribution in [2.75, 3.05) is 26.8 Å². The maximum absolute atomic E-state index is 11.9. The van der Waals surface area contributed by atoms with Crippen molar-refractivity contribution in [2.45, 2.75) is 38.3 Å². The molecular weight excluding hydrogens is 234 g/mol. The Hall–Kier alpha value is -0.980. The second kappa shape index (κ2) is 6.26. The molecule has 0 aromatic carbocycles. The average Bonchev–Trinajstić information content (AvgIpc) is 2.30. The first-order valence-corrected chi connectivity index (χ1v) is 6.23. The molecule has 1 heterocycles. The third kappa shape index (κ3) is 3.28. The molecule has 18 heavy (non-hydrogen) atoms. The van der Waals surface area contributed by atoms with E-state index in [9.17, 15) is 9.59 Å². The van der Waals surface area contributed by atoms with Crippen molar-refractivity contribution in [3.63, 3.8) is 0 Å². The Bertz CT molecular complexity index is 318. The van der Waals surface area contributed by atoms with Gasteiger partial charge in [-0.1, -0.05) is 0 Å². The molecule has 0 saturated carbocycles. The third-order valence-electron chi connectivity index (χ3n) is 3.38. The number of nitrogens with one attached hydrogen (secondary N) is 1. The molecule has 3 N–H and O–H groups in total. The fraction of sp³-hybridized carbons (Fsp3) is 0.833. The van der Waals surface area contributed by atoms with Gasteiger partial charge in [0.25, 0.3) is 0 Å². The van der Waals surface area contributed by atoms with Crippen molar-refractivity contribution in [3.8, 4) is 0 Å². The molecule has 1 aliphatic heterocycles. The Morgan fingerprint density at radius 2 is 2.17 bits per heavy atom. The zero-order valence-electron chi connectivity index (χ0n) is 11.4. The quantitative estimate of drug-likeness (QED) is 0.625. The topological polar surface area (TPSA) is 84.7 Å². The van der Waals surface area contributed by atoms with Crippen molar-refractivity contribution in [2.24, 2.45) is 5.73 Å². The van der Waals surface area contributed by atoms with Gasteiger partial charge in [0.2, 0.25) is 11.8 Å². The summed E-state index contributed by atoms with van der Waals surface area (Å²) < 4.78 is 5.19. The molecule has 1 rings (SSSR count). The summed E-state index contributed by atoms with van der Waals surface area (Å²) in [7, 11) is 1.62. The van der Waals surface area contributed by atoms with Gasteiger partial charge in [-0.25, -0.2) is 0 Å². The smallest absolute Gasteiger partial charge is 0.246 e. The summed E-state index contributed by atoms with van der Waals surface area (Å²) in [6.45, 7) is 4.94. The van der Waals surface area contributed by atoms with E-state index in [1.807, 2.05) is 18.7 Å². The highest BCUT2D eigenvalue weighted by Crippen LogP contribution is 2.23. The average molecular weight is 257 g/mol. The number of carbonyl (C=O) groups is 2. The van der Waals surface area contributed by atoms with Gasteiger partial charge < -0.3 is 10.5 Å². The number of carbonyl (C=O) groups excluding carboxylic acids is 2. The number of piperazine rings is 1. The Balaban J connectivity index is 2.85. The van der Waals surface area contributed by atoms with E-state index >= 15 is 0 Å². The molecule has 0 aromatic rings. The molecule has 1 aliphatic rings. The molecule has 0 aliphatic carbocycles. The van der Waals surface area contributed by atoms with E-state index in [2.05, 4.69) is 5.32 Å². The monoisotopic (exact) mass is 257 g/mol. The number of nitrogens with two attached hydrogens (primary N) is 1. The number of methoxy groups -OCH3 is 1. The van der Waals surface area contributed by atoms with Crippen molar-refractivity contribution in [1.82, 2.24) is 10.2 Å². The van der Waals surface area contributed by atoms with E-state index in [1.165, 1.54) is 0 Å². The minimum absolute atomic E-state index is 0.0311. The summed E-state index contributed by atoms with van der Waals surface area (Å²) in [5, 5.41) is 2.37. The van der Waals surface area contributed by atoms with E-state index in [4.69, 9.17) is 10.5 Å². The van der Waals surface area contributed by atoms with E-state index in [-0.39, 0.29) is 24.4 Å². The second-order valence-corrected chi connectivity index (χ2v) is 5.10. The van der Waals surface area contributed by atoms with Crippen LogP contribution in [-0.4, -0.2) is 55.1 Å². The number of hydrogen-bond acceptors (Lipinski definition) is 5. The lowest BCUT2D eigenvalue weighted by Gasteiger charge is -2.44. The summed E-state index contributed by atoms with van der Waals surface area (Å²) in [6.07, 6.45) is 1.66. The lowest BCUT2D eigenvalue weighted by atomic mass is 9.94. The first-order valence-electron chi connectivity index (χ1n) is 6.23. The number of imide groups is 1. The molecule has 1 unspecified atom stereocenters. The first-order chi connectivity index (χ1) is 8.43. The molecule has 2 amide bonds. The van der Waals surface area contributed by atoms with Gasteiger partial charge in [0.1, 0.15) is 0 Å².